The molecule has 24 heavy (non-hydrogen) atoms. The predicted octanol–water partition coefficient (Wildman–Crippen LogP) is 2.89. The van der Waals surface area contributed by atoms with Gasteiger partial charge in [0.2, 0.25) is 10.0 Å². The van der Waals surface area contributed by atoms with E-state index in [1.54, 1.807) is 25.2 Å². The summed E-state index contributed by atoms with van der Waals surface area (Å²) < 4.78 is 38.1. The van der Waals surface area contributed by atoms with Crippen molar-refractivity contribution in [3.63, 3.8) is 0 Å². The van der Waals surface area contributed by atoms with Gasteiger partial charge >= 0.3 is 0 Å². The molecule has 2 aromatic rings. The molecule has 0 amide bonds. The van der Waals surface area contributed by atoms with Crippen LogP contribution >= 0.6 is 11.3 Å². The molecule has 7 heteroatoms. The minimum Gasteiger partial charge on any atom is -0.486 e. The van der Waals surface area contributed by atoms with Crippen molar-refractivity contribution in [2.45, 2.75) is 31.2 Å². The van der Waals surface area contributed by atoms with E-state index in [-0.39, 0.29) is 12.1 Å². The van der Waals surface area contributed by atoms with E-state index in [2.05, 4.69) is 10.8 Å². The van der Waals surface area contributed by atoms with Gasteiger partial charge in [-0.05, 0) is 55.1 Å². The molecule has 130 valence electrons. The zero-order valence-electron chi connectivity index (χ0n) is 13.6. The molecule has 5 nitrogen and oxygen atoms in total. The number of hydrogen-bond donors (Lipinski definition) is 1. The van der Waals surface area contributed by atoms with Crippen molar-refractivity contribution in [3.8, 4) is 16.2 Å². The lowest BCUT2D eigenvalue weighted by molar-refractivity contribution is 0.140. The number of hydrogen-bond acceptors (Lipinski definition) is 5. The van der Waals surface area contributed by atoms with Gasteiger partial charge in [0.25, 0.3) is 0 Å². The molecule has 0 unspecified atom stereocenters. The zero-order valence-corrected chi connectivity index (χ0v) is 15.3. The van der Waals surface area contributed by atoms with Crippen LogP contribution in [0.2, 0.25) is 0 Å². The molecule has 2 heterocycles. The summed E-state index contributed by atoms with van der Waals surface area (Å²) in [6.07, 6.45) is -0.328. The first-order valence-electron chi connectivity index (χ1n) is 7.85. The summed E-state index contributed by atoms with van der Waals surface area (Å²) >= 11 is 1.69. The third-order valence-electron chi connectivity index (χ3n) is 3.91. The van der Waals surface area contributed by atoms with Crippen molar-refractivity contribution in [2.75, 3.05) is 13.2 Å². The largest absolute Gasteiger partial charge is 0.486 e. The predicted molar refractivity (Wildman–Crippen MR) is 96.0 cm³/mol. The first-order chi connectivity index (χ1) is 11.5. The van der Waals surface area contributed by atoms with Crippen LogP contribution in [0.3, 0.4) is 0 Å². The third kappa shape index (κ3) is 3.97. The van der Waals surface area contributed by atoms with E-state index in [0.717, 1.165) is 5.56 Å². The molecular weight excluding hydrogens is 346 g/mol. The van der Waals surface area contributed by atoms with Crippen LogP contribution in [0.15, 0.2) is 41.8 Å². The van der Waals surface area contributed by atoms with E-state index < -0.39 is 15.3 Å². The van der Waals surface area contributed by atoms with E-state index in [1.807, 2.05) is 35.7 Å². The molecule has 1 aliphatic rings. The highest BCUT2D eigenvalue weighted by atomic mass is 32.2. The van der Waals surface area contributed by atoms with Crippen LogP contribution in [0.5, 0.6) is 5.75 Å². The van der Waals surface area contributed by atoms with Gasteiger partial charge in [-0.2, -0.15) is 0 Å². The summed E-state index contributed by atoms with van der Waals surface area (Å²) in [6.45, 7) is 4.00. The standard InChI is InChI=1S/C17H21NO4S2/c1-12(2)24(19,20)18-15-10-21-11-16(15)22-14-7-5-13(6-8-14)17-4-3-9-23-17/h3-9,12,15-16,18H,10-11H2,1-2H3/t15-,16+/m1/s1. The average molecular weight is 367 g/mol. The van der Waals surface area contributed by atoms with Crippen LogP contribution in [-0.4, -0.2) is 39.0 Å². The molecule has 1 saturated heterocycles. The van der Waals surface area contributed by atoms with Gasteiger partial charge in [-0.15, -0.1) is 11.3 Å². The Hall–Kier alpha value is -1.41. The maximum absolute atomic E-state index is 12.0. The molecule has 0 saturated carbocycles. The van der Waals surface area contributed by atoms with Crippen LogP contribution < -0.4 is 9.46 Å². The summed E-state index contributed by atoms with van der Waals surface area (Å²) in [5.74, 6) is 0.708. The monoisotopic (exact) mass is 367 g/mol. The van der Waals surface area contributed by atoms with Gasteiger partial charge in [0.05, 0.1) is 24.5 Å². The molecule has 0 radical (unpaired) electrons. The normalized spacial score (nSPS) is 21.3. The SMILES string of the molecule is CC(C)S(=O)(=O)N[C@@H]1COC[C@@H]1Oc1ccc(-c2cccs2)cc1. The lowest BCUT2D eigenvalue weighted by Gasteiger charge is -2.21. The average Bonchev–Trinajstić information content (AvgIpc) is 3.20. The molecule has 1 aromatic carbocycles. The van der Waals surface area contributed by atoms with Gasteiger partial charge in [-0.25, -0.2) is 13.1 Å². The molecule has 0 bridgehead atoms. The second-order valence-electron chi connectivity index (χ2n) is 6.01. The smallest absolute Gasteiger partial charge is 0.214 e. The van der Waals surface area contributed by atoms with Gasteiger partial charge in [0.15, 0.2) is 0 Å². The molecule has 1 N–H and O–H groups in total. The minimum absolute atomic E-state index is 0.323. The maximum Gasteiger partial charge on any atom is 0.214 e. The Morgan fingerprint density at radius 3 is 2.58 bits per heavy atom. The van der Waals surface area contributed by atoms with Gasteiger partial charge in [0.1, 0.15) is 11.9 Å². The molecule has 1 aromatic heterocycles. The fourth-order valence-corrected chi connectivity index (χ4v) is 4.07. The lowest BCUT2D eigenvalue weighted by Crippen LogP contribution is -2.47. The van der Waals surface area contributed by atoms with Crippen LogP contribution in [0.1, 0.15) is 13.8 Å². The van der Waals surface area contributed by atoms with E-state index in [4.69, 9.17) is 9.47 Å². The van der Waals surface area contributed by atoms with Gasteiger partial charge < -0.3 is 9.47 Å². The van der Waals surface area contributed by atoms with Crippen molar-refractivity contribution < 1.29 is 17.9 Å². The van der Waals surface area contributed by atoms with Gasteiger partial charge in [0, 0.05) is 4.88 Å². The highest BCUT2D eigenvalue weighted by molar-refractivity contribution is 7.90. The molecule has 2 atom stereocenters. The Bertz CT molecular complexity index is 754. The number of rotatable bonds is 6. The Kier molecular flexibility index (Phi) is 5.24. The lowest BCUT2D eigenvalue weighted by atomic mass is 10.2. The van der Waals surface area contributed by atoms with Crippen LogP contribution in [0.4, 0.5) is 0 Å². The summed E-state index contributed by atoms with van der Waals surface area (Å²) in [4.78, 5) is 1.20. The van der Waals surface area contributed by atoms with Crippen LogP contribution in [0, 0.1) is 0 Å². The van der Waals surface area contributed by atoms with Crippen molar-refractivity contribution in [1.29, 1.82) is 0 Å². The number of nitrogens with one attached hydrogen (secondary N) is 1. The van der Waals surface area contributed by atoms with Gasteiger partial charge in [-0.1, -0.05) is 6.07 Å². The number of sulfonamides is 1. The highest BCUT2D eigenvalue weighted by Gasteiger charge is 2.34. The molecule has 0 spiro atoms. The highest BCUT2D eigenvalue weighted by Crippen LogP contribution is 2.27. The number of thiophene rings is 1. The third-order valence-corrected chi connectivity index (χ3v) is 6.70. The Morgan fingerprint density at radius 1 is 1.21 bits per heavy atom. The topological polar surface area (TPSA) is 64.6 Å². The van der Waals surface area contributed by atoms with Crippen molar-refractivity contribution in [2.24, 2.45) is 0 Å². The molecule has 1 fully saturated rings. The van der Waals surface area contributed by atoms with Crippen LogP contribution in [0.25, 0.3) is 10.4 Å². The quantitative estimate of drug-likeness (QED) is 0.853. The van der Waals surface area contributed by atoms with Crippen molar-refractivity contribution in [3.05, 3.63) is 41.8 Å². The maximum atomic E-state index is 12.0. The molecule has 1 aliphatic heterocycles. The molecule has 3 rings (SSSR count). The fourth-order valence-electron chi connectivity index (χ4n) is 2.42. The van der Waals surface area contributed by atoms with Crippen molar-refractivity contribution in [1.82, 2.24) is 4.72 Å². The van der Waals surface area contributed by atoms with Crippen LogP contribution in [-0.2, 0) is 14.8 Å². The second-order valence-corrected chi connectivity index (χ2v) is 9.23. The summed E-state index contributed by atoms with van der Waals surface area (Å²) in [7, 11) is -3.35. The Labute approximate surface area is 146 Å². The van der Waals surface area contributed by atoms with Crippen molar-refractivity contribution >= 4 is 21.4 Å². The number of benzene rings is 1. The fraction of sp³-hybridized carbons (Fsp3) is 0.412. The first kappa shape index (κ1) is 17.4. The number of ether oxygens (including phenoxy) is 2. The van der Waals surface area contributed by atoms with E-state index >= 15 is 0 Å². The summed E-state index contributed by atoms with van der Waals surface area (Å²) in [5, 5.41) is 1.56. The molecular formula is C17H21NO4S2. The zero-order chi connectivity index (χ0) is 17.2. The van der Waals surface area contributed by atoms with E-state index in [1.165, 1.54) is 4.88 Å². The summed E-state index contributed by atoms with van der Waals surface area (Å²) in [5.41, 5.74) is 1.14. The van der Waals surface area contributed by atoms with E-state index in [9.17, 15) is 8.42 Å². The minimum atomic E-state index is -3.35. The second kappa shape index (κ2) is 7.23. The van der Waals surface area contributed by atoms with Gasteiger partial charge in [-0.3, -0.25) is 0 Å². The first-order valence-corrected chi connectivity index (χ1v) is 10.3. The summed E-state index contributed by atoms with van der Waals surface area (Å²) in [6, 6.07) is 11.5. The Balaban J connectivity index is 1.66. The van der Waals surface area contributed by atoms with E-state index in [0.29, 0.717) is 19.0 Å². The molecule has 0 aliphatic carbocycles. The Morgan fingerprint density at radius 2 is 1.96 bits per heavy atom.